The second-order valence-corrected chi connectivity index (χ2v) is 3.55. The first-order valence-corrected chi connectivity index (χ1v) is 4.78. The number of nitrogens with zero attached hydrogens (tertiary/aromatic N) is 2. The molecule has 0 saturated carbocycles. The Labute approximate surface area is 83.7 Å². The molecule has 3 nitrogen and oxygen atoms in total. The maximum Gasteiger partial charge on any atom is 0.0995 e. The van der Waals surface area contributed by atoms with E-state index in [2.05, 4.69) is 17.0 Å². The van der Waals surface area contributed by atoms with Crippen molar-refractivity contribution in [3.05, 3.63) is 34.9 Å². The van der Waals surface area contributed by atoms with E-state index in [1.807, 2.05) is 12.1 Å². The summed E-state index contributed by atoms with van der Waals surface area (Å²) in [6.45, 7) is 3.38. The van der Waals surface area contributed by atoms with E-state index in [0.29, 0.717) is 6.54 Å². The number of hydrogen-bond donors (Lipinski definition) is 1. The normalized spacial score (nSPS) is 15.1. The molecule has 0 saturated heterocycles. The molecule has 0 radical (unpaired) electrons. The van der Waals surface area contributed by atoms with E-state index in [4.69, 9.17) is 11.0 Å². The summed E-state index contributed by atoms with van der Waals surface area (Å²) < 4.78 is 0. The quantitative estimate of drug-likeness (QED) is 0.746. The van der Waals surface area contributed by atoms with Crippen molar-refractivity contribution >= 4 is 0 Å². The molecule has 0 unspecified atom stereocenters. The van der Waals surface area contributed by atoms with Gasteiger partial charge >= 0.3 is 0 Å². The highest BCUT2D eigenvalue weighted by Gasteiger charge is 2.20. The van der Waals surface area contributed by atoms with Crippen LogP contribution in [0.25, 0.3) is 0 Å². The molecule has 2 N–H and O–H groups in total. The first-order valence-electron chi connectivity index (χ1n) is 4.78. The lowest BCUT2D eigenvalue weighted by Gasteiger charge is -2.11. The van der Waals surface area contributed by atoms with Crippen LogP contribution in [0.4, 0.5) is 0 Å². The highest BCUT2D eigenvalue weighted by Crippen LogP contribution is 2.24. The Hall–Kier alpha value is -1.37. The molecule has 3 heteroatoms. The molecule has 0 aliphatic carbocycles. The van der Waals surface area contributed by atoms with E-state index in [-0.39, 0.29) is 0 Å². The van der Waals surface area contributed by atoms with Gasteiger partial charge in [0.1, 0.15) is 0 Å². The van der Waals surface area contributed by atoms with Crippen LogP contribution in [-0.4, -0.2) is 18.0 Å². The van der Waals surface area contributed by atoms with Gasteiger partial charge in [0.15, 0.2) is 0 Å². The zero-order valence-corrected chi connectivity index (χ0v) is 8.03. The molecule has 0 aromatic heterocycles. The van der Waals surface area contributed by atoms with Gasteiger partial charge in [0.25, 0.3) is 0 Å². The van der Waals surface area contributed by atoms with Crippen LogP contribution in [0, 0.1) is 11.3 Å². The largest absolute Gasteiger partial charge is 0.329 e. The Kier molecular flexibility index (Phi) is 2.49. The maximum atomic E-state index is 8.92. The van der Waals surface area contributed by atoms with Gasteiger partial charge in [-0.1, -0.05) is 12.1 Å². The third-order valence-corrected chi connectivity index (χ3v) is 2.61. The van der Waals surface area contributed by atoms with E-state index < -0.39 is 0 Å². The summed E-state index contributed by atoms with van der Waals surface area (Å²) >= 11 is 0. The van der Waals surface area contributed by atoms with Crippen molar-refractivity contribution in [2.45, 2.75) is 13.1 Å². The lowest BCUT2D eigenvalue weighted by molar-refractivity contribution is 0.292. The molecule has 0 amide bonds. The van der Waals surface area contributed by atoms with Gasteiger partial charge in [-0.3, -0.25) is 4.90 Å². The molecule has 1 aliphatic heterocycles. The molecule has 0 bridgehead atoms. The average molecular weight is 187 g/mol. The maximum absolute atomic E-state index is 8.92. The minimum absolute atomic E-state index is 0.676. The van der Waals surface area contributed by atoms with E-state index >= 15 is 0 Å². The summed E-state index contributed by atoms with van der Waals surface area (Å²) in [6.07, 6.45) is 0. The van der Waals surface area contributed by atoms with Crippen molar-refractivity contribution in [1.29, 1.82) is 5.26 Å². The Morgan fingerprint density at radius 2 is 2.29 bits per heavy atom. The van der Waals surface area contributed by atoms with E-state index in [9.17, 15) is 0 Å². The van der Waals surface area contributed by atoms with Crippen molar-refractivity contribution in [2.24, 2.45) is 5.73 Å². The average Bonchev–Trinajstić information content (AvgIpc) is 2.60. The van der Waals surface area contributed by atoms with Crippen molar-refractivity contribution in [3.63, 3.8) is 0 Å². The third kappa shape index (κ3) is 1.50. The van der Waals surface area contributed by atoms with Crippen molar-refractivity contribution in [2.75, 3.05) is 13.1 Å². The van der Waals surface area contributed by atoms with Crippen LogP contribution < -0.4 is 5.73 Å². The second-order valence-electron chi connectivity index (χ2n) is 3.55. The molecule has 1 heterocycles. The molecule has 2 rings (SSSR count). The fourth-order valence-corrected chi connectivity index (χ4v) is 1.94. The van der Waals surface area contributed by atoms with Crippen LogP contribution in [0.5, 0.6) is 0 Å². The van der Waals surface area contributed by atoms with Gasteiger partial charge in [-0.25, -0.2) is 0 Å². The number of nitrogens with two attached hydrogens (primary N) is 1. The Balaban J connectivity index is 2.27. The fourth-order valence-electron chi connectivity index (χ4n) is 1.94. The Bertz CT molecular complexity index is 379. The predicted octanol–water partition coefficient (Wildman–Crippen LogP) is 0.833. The summed E-state index contributed by atoms with van der Waals surface area (Å²) in [5, 5.41) is 8.92. The van der Waals surface area contributed by atoms with Gasteiger partial charge in [-0.05, 0) is 17.2 Å². The van der Waals surface area contributed by atoms with E-state index in [1.54, 1.807) is 0 Å². The predicted molar refractivity (Wildman–Crippen MR) is 54.3 cm³/mol. The number of benzene rings is 1. The number of hydrogen-bond acceptors (Lipinski definition) is 3. The zero-order valence-electron chi connectivity index (χ0n) is 8.03. The van der Waals surface area contributed by atoms with Crippen LogP contribution >= 0.6 is 0 Å². The lowest BCUT2D eigenvalue weighted by Crippen LogP contribution is -2.24. The Morgan fingerprint density at radius 1 is 1.43 bits per heavy atom. The first kappa shape index (κ1) is 9.20. The third-order valence-electron chi connectivity index (χ3n) is 2.61. The molecule has 0 fully saturated rings. The highest BCUT2D eigenvalue weighted by molar-refractivity contribution is 5.44. The minimum Gasteiger partial charge on any atom is -0.329 e. The van der Waals surface area contributed by atoms with Crippen molar-refractivity contribution in [3.8, 4) is 6.07 Å². The smallest absolute Gasteiger partial charge is 0.0995 e. The van der Waals surface area contributed by atoms with E-state index in [1.165, 1.54) is 11.1 Å². The van der Waals surface area contributed by atoms with Gasteiger partial charge in [0.05, 0.1) is 11.6 Å². The minimum atomic E-state index is 0.676. The van der Waals surface area contributed by atoms with Crippen molar-refractivity contribution in [1.82, 2.24) is 4.90 Å². The molecule has 1 aromatic carbocycles. The molecule has 1 aromatic rings. The standard InChI is InChI=1S/C11H13N3/c12-4-5-14-7-10-3-1-2-9(6-13)11(10)8-14/h1-3H,4-5,7-8,12H2. The molecule has 72 valence electrons. The van der Waals surface area contributed by atoms with Crippen LogP contribution in [-0.2, 0) is 13.1 Å². The zero-order chi connectivity index (χ0) is 9.97. The van der Waals surface area contributed by atoms with Gasteiger partial charge in [-0.15, -0.1) is 0 Å². The lowest BCUT2D eigenvalue weighted by atomic mass is 10.1. The Morgan fingerprint density at radius 3 is 3.00 bits per heavy atom. The van der Waals surface area contributed by atoms with Crippen LogP contribution in [0.3, 0.4) is 0 Å². The second kappa shape index (κ2) is 3.79. The molecule has 14 heavy (non-hydrogen) atoms. The summed E-state index contributed by atoms with van der Waals surface area (Å²) in [5.41, 5.74) is 8.77. The van der Waals surface area contributed by atoms with Crippen LogP contribution in [0.2, 0.25) is 0 Å². The number of nitriles is 1. The number of fused-ring (bicyclic) bond motifs is 1. The van der Waals surface area contributed by atoms with Crippen molar-refractivity contribution < 1.29 is 0 Å². The molecular formula is C11H13N3. The fraction of sp³-hybridized carbons (Fsp3) is 0.364. The van der Waals surface area contributed by atoms with Gasteiger partial charge < -0.3 is 5.73 Å². The van der Waals surface area contributed by atoms with Gasteiger partial charge in [-0.2, -0.15) is 5.26 Å². The molecule has 0 atom stereocenters. The summed E-state index contributed by atoms with van der Waals surface area (Å²) in [5.74, 6) is 0. The SMILES string of the molecule is N#Cc1cccc2c1CN(CCN)C2. The first-order chi connectivity index (χ1) is 6.85. The summed E-state index contributed by atoms with van der Waals surface area (Å²) in [4.78, 5) is 2.27. The highest BCUT2D eigenvalue weighted by atomic mass is 15.1. The summed E-state index contributed by atoms with van der Waals surface area (Å²) in [7, 11) is 0. The summed E-state index contributed by atoms with van der Waals surface area (Å²) in [6, 6.07) is 8.15. The van der Waals surface area contributed by atoms with Gasteiger partial charge in [0.2, 0.25) is 0 Å². The van der Waals surface area contributed by atoms with Crippen LogP contribution in [0.1, 0.15) is 16.7 Å². The molecule has 0 spiro atoms. The topological polar surface area (TPSA) is 53.0 Å². The van der Waals surface area contributed by atoms with Gasteiger partial charge in [0, 0.05) is 26.2 Å². The van der Waals surface area contributed by atoms with Crippen LogP contribution in [0.15, 0.2) is 18.2 Å². The van der Waals surface area contributed by atoms with E-state index in [0.717, 1.165) is 25.2 Å². The number of rotatable bonds is 2. The molecule has 1 aliphatic rings. The monoisotopic (exact) mass is 187 g/mol. The molecular weight excluding hydrogens is 174 g/mol.